The predicted molar refractivity (Wildman–Crippen MR) is 62.3 cm³/mol. The van der Waals surface area contributed by atoms with Crippen molar-refractivity contribution in [3.63, 3.8) is 0 Å². The number of rotatable bonds is 2. The first-order chi connectivity index (χ1) is 7.29. The molecule has 2 heteroatoms. The zero-order valence-corrected chi connectivity index (χ0v) is 9.24. The van der Waals surface area contributed by atoms with E-state index in [4.69, 9.17) is 5.73 Å². The molecule has 15 heavy (non-hydrogen) atoms. The second kappa shape index (κ2) is 3.24. The maximum absolute atomic E-state index is 6.00. The van der Waals surface area contributed by atoms with Gasteiger partial charge in [-0.1, -0.05) is 25.5 Å². The Morgan fingerprint density at radius 2 is 2.27 bits per heavy atom. The molecule has 0 amide bonds. The Hall–Kier alpha value is -1.02. The highest BCUT2D eigenvalue weighted by Gasteiger charge is 2.42. The molecule has 2 atom stereocenters. The molecule has 1 aromatic rings. The molecule has 1 aliphatic carbocycles. The van der Waals surface area contributed by atoms with Gasteiger partial charge in [0.05, 0.1) is 0 Å². The highest BCUT2D eigenvalue weighted by Crippen LogP contribution is 2.42. The molecule has 2 nitrogen and oxygen atoms in total. The highest BCUT2D eigenvalue weighted by atomic mass is 15.2. The minimum absolute atomic E-state index is 0.835. The van der Waals surface area contributed by atoms with Gasteiger partial charge in [-0.25, -0.2) is 0 Å². The summed E-state index contributed by atoms with van der Waals surface area (Å²) in [7, 11) is 0. The van der Waals surface area contributed by atoms with Crippen molar-refractivity contribution in [3.8, 4) is 0 Å². The van der Waals surface area contributed by atoms with Gasteiger partial charge in [0.25, 0.3) is 0 Å². The standard InChI is InChI=1S/C13H18N2/c1-2-9-6-13(9)15-7-10-4-3-5-12(14)11(10)8-15/h3-5,9,13H,2,6-8,14H2,1H3. The minimum atomic E-state index is 0.835. The van der Waals surface area contributed by atoms with Gasteiger partial charge >= 0.3 is 0 Å². The number of nitrogen functional groups attached to an aromatic ring is 1. The van der Waals surface area contributed by atoms with Gasteiger partial charge in [0.1, 0.15) is 0 Å². The summed E-state index contributed by atoms with van der Waals surface area (Å²) in [5.41, 5.74) is 9.79. The van der Waals surface area contributed by atoms with E-state index in [1.807, 2.05) is 6.07 Å². The van der Waals surface area contributed by atoms with Gasteiger partial charge in [-0.2, -0.15) is 0 Å². The fourth-order valence-corrected chi connectivity index (χ4v) is 2.83. The zero-order chi connectivity index (χ0) is 10.4. The number of nitrogens with zero attached hydrogens (tertiary/aromatic N) is 1. The van der Waals surface area contributed by atoms with Gasteiger partial charge in [-0.05, 0) is 29.5 Å². The largest absolute Gasteiger partial charge is 0.398 e. The lowest BCUT2D eigenvalue weighted by Gasteiger charge is -2.14. The molecule has 2 N–H and O–H groups in total. The fraction of sp³-hybridized carbons (Fsp3) is 0.538. The third-order valence-electron chi connectivity index (χ3n) is 3.92. The second-order valence-corrected chi connectivity index (χ2v) is 4.86. The third kappa shape index (κ3) is 1.44. The molecule has 1 heterocycles. The van der Waals surface area contributed by atoms with E-state index < -0.39 is 0 Å². The molecule has 0 saturated heterocycles. The number of hydrogen-bond acceptors (Lipinski definition) is 2. The summed E-state index contributed by atoms with van der Waals surface area (Å²) < 4.78 is 0. The molecule has 2 aliphatic rings. The predicted octanol–water partition coefficient (Wildman–Crippen LogP) is 2.38. The summed E-state index contributed by atoms with van der Waals surface area (Å²) in [6.45, 7) is 4.48. The van der Waals surface area contributed by atoms with Crippen LogP contribution in [0.2, 0.25) is 0 Å². The summed E-state index contributed by atoms with van der Waals surface area (Å²) in [6, 6.07) is 7.14. The van der Waals surface area contributed by atoms with E-state index in [2.05, 4.69) is 24.0 Å². The van der Waals surface area contributed by atoms with Crippen LogP contribution in [0.4, 0.5) is 5.69 Å². The van der Waals surface area contributed by atoms with Crippen LogP contribution in [-0.2, 0) is 13.1 Å². The Kier molecular flexibility index (Phi) is 1.99. The lowest BCUT2D eigenvalue weighted by molar-refractivity contribution is 0.259. The Balaban J connectivity index is 1.78. The summed E-state index contributed by atoms with van der Waals surface area (Å²) in [6.07, 6.45) is 2.72. The van der Waals surface area contributed by atoms with Crippen molar-refractivity contribution >= 4 is 5.69 Å². The molecule has 0 spiro atoms. The quantitative estimate of drug-likeness (QED) is 0.746. The minimum Gasteiger partial charge on any atom is -0.398 e. The van der Waals surface area contributed by atoms with Gasteiger partial charge in [0.15, 0.2) is 0 Å². The van der Waals surface area contributed by atoms with Crippen molar-refractivity contribution in [2.45, 2.75) is 38.9 Å². The summed E-state index contributed by atoms with van der Waals surface area (Å²) >= 11 is 0. The Morgan fingerprint density at radius 3 is 2.93 bits per heavy atom. The first kappa shape index (κ1) is 9.22. The van der Waals surface area contributed by atoms with Crippen molar-refractivity contribution in [1.82, 2.24) is 4.90 Å². The molecule has 0 radical (unpaired) electrons. The molecule has 1 aromatic carbocycles. The van der Waals surface area contributed by atoms with Crippen molar-refractivity contribution in [3.05, 3.63) is 29.3 Å². The molecule has 1 aliphatic heterocycles. The van der Waals surface area contributed by atoms with Crippen molar-refractivity contribution < 1.29 is 0 Å². The van der Waals surface area contributed by atoms with Crippen LogP contribution in [0.3, 0.4) is 0 Å². The van der Waals surface area contributed by atoms with Crippen molar-refractivity contribution in [2.24, 2.45) is 5.92 Å². The molecular formula is C13H18N2. The first-order valence-electron chi connectivity index (χ1n) is 5.90. The topological polar surface area (TPSA) is 29.3 Å². The summed E-state index contributed by atoms with van der Waals surface area (Å²) in [5.74, 6) is 0.945. The molecule has 80 valence electrons. The molecule has 2 unspecified atom stereocenters. The lowest BCUT2D eigenvalue weighted by Crippen LogP contribution is -2.20. The van der Waals surface area contributed by atoms with Gasteiger partial charge in [0, 0.05) is 24.8 Å². The number of hydrogen-bond donors (Lipinski definition) is 1. The Bertz CT molecular complexity index is 386. The molecule has 1 saturated carbocycles. The van der Waals surface area contributed by atoms with Crippen LogP contribution in [0, 0.1) is 5.92 Å². The fourth-order valence-electron chi connectivity index (χ4n) is 2.83. The van der Waals surface area contributed by atoms with Crippen LogP contribution in [0.5, 0.6) is 0 Å². The Labute approximate surface area is 91.1 Å². The second-order valence-electron chi connectivity index (χ2n) is 4.86. The van der Waals surface area contributed by atoms with Crippen LogP contribution >= 0.6 is 0 Å². The molecule has 0 bridgehead atoms. The number of nitrogens with two attached hydrogens (primary N) is 1. The third-order valence-corrected chi connectivity index (χ3v) is 3.92. The Morgan fingerprint density at radius 1 is 1.40 bits per heavy atom. The smallest absolute Gasteiger partial charge is 0.0363 e. The highest BCUT2D eigenvalue weighted by molar-refractivity contribution is 5.52. The average Bonchev–Trinajstić information content (AvgIpc) is 2.90. The first-order valence-corrected chi connectivity index (χ1v) is 5.90. The van der Waals surface area contributed by atoms with Crippen LogP contribution in [-0.4, -0.2) is 10.9 Å². The number of fused-ring (bicyclic) bond motifs is 1. The van der Waals surface area contributed by atoms with E-state index in [1.54, 1.807) is 0 Å². The number of anilines is 1. The summed E-state index contributed by atoms with van der Waals surface area (Å²) in [5, 5.41) is 0. The number of benzene rings is 1. The van der Waals surface area contributed by atoms with Gasteiger partial charge < -0.3 is 5.73 Å². The monoisotopic (exact) mass is 202 g/mol. The van der Waals surface area contributed by atoms with E-state index in [9.17, 15) is 0 Å². The van der Waals surface area contributed by atoms with E-state index in [-0.39, 0.29) is 0 Å². The van der Waals surface area contributed by atoms with E-state index in [0.717, 1.165) is 30.7 Å². The molecule has 3 rings (SSSR count). The van der Waals surface area contributed by atoms with Crippen molar-refractivity contribution in [1.29, 1.82) is 0 Å². The molecule has 1 fully saturated rings. The molecule has 0 aromatic heterocycles. The molecular weight excluding hydrogens is 184 g/mol. The van der Waals surface area contributed by atoms with Crippen molar-refractivity contribution in [2.75, 3.05) is 5.73 Å². The SMILES string of the molecule is CCC1CC1N1Cc2cccc(N)c2C1. The average molecular weight is 202 g/mol. The van der Waals surface area contributed by atoms with E-state index in [0.29, 0.717) is 0 Å². The normalized spacial score (nSPS) is 29.1. The van der Waals surface area contributed by atoms with Gasteiger partial charge in [0.2, 0.25) is 0 Å². The van der Waals surface area contributed by atoms with Gasteiger partial charge in [-0.3, -0.25) is 4.90 Å². The van der Waals surface area contributed by atoms with E-state index in [1.165, 1.54) is 24.0 Å². The van der Waals surface area contributed by atoms with Crippen LogP contribution in [0.15, 0.2) is 18.2 Å². The van der Waals surface area contributed by atoms with Gasteiger partial charge in [-0.15, -0.1) is 0 Å². The summed E-state index contributed by atoms with van der Waals surface area (Å²) in [4.78, 5) is 2.59. The lowest BCUT2D eigenvalue weighted by atomic mass is 10.1. The maximum Gasteiger partial charge on any atom is 0.0363 e. The van der Waals surface area contributed by atoms with E-state index >= 15 is 0 Å². The van der Waals surface area contributed by atoms with Crippen LogP contribution in [0.1, 0.15) is 30.9 Å². The zero-order valence-electron chi connectivity index (χ0n) is 9.24. The van der Waals surface area contributed by atoms with Crippen LogP contribution < -0.4 is 5.73 Å². The maximum atomic E-state index is 6.00. The van der Waals surface area contributed by atoms with Crippen LogP contribution in [0.25, 0.3) is 0 Å².